The number of hydrogen-bond acceptors (Lipinski definition) is 3. The molecule has 1 aromatic heterocycles. The highest BCUT2D eigenvalue weighted by Gasteiger charge is 2.08. The number of rotatable bonds is 3. The third kappa shape index (κ3) is 2.92. The van der Waals surface area contributed by atoms with Crippen LogP contribution in [0.1, 0.15) is 10.4 Å². The average Bonchev–Trinajstić information content (AvgIpc) is 2.97. The number of benzene rings is 2. The van der Waals surface area contributed by atoms with Crippen LogP contribution in [0.4, 0.5) is 11.5 Å². The zero-order valence-electron chi connectivity index (χ0n) is 11.2. The molecule has 3 aromatic rings. The van der Waals surface area contributed by atoms with Crippen LogP contribution in [0, 0.1) is 0 Å². The van der Waals surface area contributed by atoms with Gasteiger partial charge in [0.2, 0.25) is 0 Å². The minimum Gasteiger partial charge on any atom is -0.399 e. The molecule has 1 amide bonds. The van der Waals surface area contributed by atoms with E-state index in [0.717, 1.165) is 5.69 Å². The summed E-state index contributed by atoms with van der Waals surface area (Å²) in [4.78, 5) is 12.1. The first kappa shape index (κ1) is 12.9. The molecule has 5 nitrogen and oxygen atoms in total. The predicted molar refractivity (Wildman–Crippen MR) is 82.4 cm³/mol. The number of amides is 1. The number of para-hydroxylation sites is 1. The van der Waals surface area contributed by atoms with Gasteiger partial charge in [-0.1, -0.05) is 18.2 Å². The first-order chi connectivity index (χ1) is 10.2. The number of nitrogens with one attached hydrogen (secondary N) is 1. The Kier molecular flexibility index (Phi) is 3.39. The quantitative estimate of drug-likeness (QED) is 0.723. The highest BCUT2D eigenvalue weighted by molar-refractivity contribution is 6.03. The molecule has 0 aliphatic carbocycles. The van der Waals surface area contributed by atoms with Crippen LogP contribution in [-0.4, -0.2) is 15.7 Å². The third-order valence-electron chi connectivity index (χ3n) is 3.02. The number of carbonyl (C=O) groups is 1. The molecule has 5 heteroatoms. The van der Waals surface area contributed by atoms with Gasteiger partial charge in [0.1, 0.15) is 0 Å². The van der Waals surface area contributed by atoms with Crippen molar-refractivity contribution in [3.63, 3.8) is 0 Å². The zero-order chi connectivity index (χ0) is 14.7. The fourth-order valence-corrected chi connectivity index (χ4v) is 1.94. The van der Waals surface area contributed by atoms with Gasteiger partial charge in [-0.2, -0.15) is 5.10 Å². The van der Waals surface area contributed by atoms with Crippen molar-refractivity contribution < 1.29 is 4.79 Å². The Balaban J connectivity index is 1.75. The van der Waals surface area contributed by atoms with E-state index in [1.807, 2.05) is 30.3 Å². The van der Waals surface area contributed by atoms with E-state index in [2.05, 4.69) is 10.4 Å². The van der Waals surface area contributed by atoms with Crippen molar-refractivity contribution in [1.82, 2.24) is 9.78 Å². The summed E-state index contributed by atoms with van der Waals surface area (Å²) in [6.45, 7) is 0. The second-order valence-corrected chi connectivity index (χ2v) is 4.56. The van der Waals surface area contributed by atoms with Crippen molar-refractivity contribution in [2.75, 3.05) is 11.1 Å². The maximum absolute atomic E-state index is 12.1. The molecule has 0 saturated carbocycles. The van der Waals surface area contributed by atoms with Crippen molar-refractivity contribution >= 4 is 17.4 Å². The fraction of sp³-hybridized carbons (Fsp3) is 0. The van der Waals surface area contributed by atoms with Gasteiger partial charge < -0.3 is 11.1 Å². The molecule has 0 unspecified atom stereocenters. The van der Waals surface area contributed by atoms with Crippen LogP contribution >= 0.6 is 0 Å². The van der Waals surface area contributed by atoms with E-state index >= 15 is 0 Å². The molecule has 1 heterocycles. The monoisotopic (exact) mass is 278 g/mol. The minimum atomic E-state index is -0.215. The summed E-state index contributed by atoms with van der Waals surface area (Å²) in [5.41, 5.74) is 7.70. The van der Waals surface area contributed by atoms with Crippen LogP contribution in [0.3, 0.4) is 0 Å². The Labute approximate surface area is 122 Å². The lowest BCUT2D eigenvalue weighted by atomic mass is 10.2. The summed E-state index contributed by atoms with van der Waals surface area (Å²) in [6, 6.07) is 18.2. The number of nitrogen functional groups attached to an aromatic ring is 1. The van der Waals surface area contributed by atoms with Crippen molar-refractivity contribution in [2.45, 2.75) is 0 Å². The minimum absolute atomic E-state index is 0.215. The summed E-state index contributed by atoms with van der Waals surface area (Å²) in [5.74, 6) is 0.286. The van der Waals surface area contributed by atoms with E-state index in [1.165, 1.54) is 0 Å². The lowest BCUT2D eigenvalue weighted by Crippen LogP contribution is -2.12. The van der Waals surface area contributed by atoms with Gasteiger partial charge in [-0.25, -0.2) is 4.68 Å². The standard InChI is InChI=1S/C16H14N4O/c17-13-8-6-12(7-9-13)16(21)18-15-10-11-20(19-15)14-4-2-1-3-5-14/h1-11H,17H2,(H,18,19,21). The van der Waals surface area contributed by atoms with Crippen LogP contribution in [0.25, 0.3) is 5.69 Å². The largest absolute Gasteiger partial charge is 0.399 e. The lowest BCUT2D eigenvalue weighted by Gasteiger charge is -2.03. The van der Waals surface area contributed by atoms with Crippen molar-refractivity contribution in [3.8, 4) is 5.69 Å². The van der Waals surface area contributed by atoms with E-state index in [4.69, 9.17) is 5.73 Å². The van der Waals surface area contributed by atoms with E-state index in [-0.39, 0.29) is 5.91 Å². The Bertz CT molecular complexity index is 747. The number of hydrogen-bond donors (Lipinski definition) is 2. The van der Waals surface area contributed by atoms with E-state index < -0.39 is 0 Å². The second-order valence-electron chi connectivity index (χ2n) is 4.56. The Morgan fingerprint density at radius 2 is 1.71 bits per heavy atom. The smallest absolute Gasteiger partial charge is 0.256 e. The molecule has 0 spiro atoms. The molecular formula is C16H14N4O. The normalized spacial score (nSPS) is 10.3. The maximum Gasteiger partial charge on any atom is 0.256 e. The average molecular weight is 278 g/mol. The zero-order valence-corrected chi connectivity index (χ0v) is 11.2. The van der Waals surface area contributed by atoms with Crippen LogP contribution in [-0.2, 0) is 0 Å². The molecule has 0 bridgehead atoms. The highest BCUT2D eigenvalue weighted by Crippen LogP contribution is 2.12. The summed E-state index contributed by atoms with van der Waals surface area (Å²) in [6.07, 6.45) is 1.80. The van der Waals surface area contributed by atoms with Crippen LogP contribution < -0.4 is 11.1 Å². The number of carbonyl (C=O) groups excluding carboxylic acids is 1. The summed E-state index contributed by atoms with van der Waals surface area (Å²) in [5, 5.41) is 7.08. The topological polar surface area (TPSA) is 72.9 Å². The van der Waals surface area contributed by atoms with Gasteiger partial charge in [-0.3, -0.25) is 4.79 Å². The number of aromatic nitrogens is 2. The van der Waals surface area contributed by atoms with Gasteiger partial charge >= 0.3 is 0 Å². The molecule has 2 aromatic carbocycles. The van der Waals surface area contributed by atoms with Gasteiger partial charge in [-0.05, 0) is 36.4 Å². The van der Waals surface area contributed by atoms with Gasteiger partial charge in [0, 0.05) is 23.5 Å². The first-order valence-electron chi connectivity index (χ1n) is 6.50. The summed E-state index contributed by atoms with van der Waals surface area (Å²) in [7, 11) is 0. The van der Waals surface area contributed by atoms with Crippen molar-refractivity contribution in [2.24, 2.45) is 0 Å². The Morgan fingerprint density at radius 1 is 1.00 bits per heavy atom. The Morgan fingerprint density at radius 3 is 2.43 bits per heavy atom. The van der Waals surface area contributed by atoms with Gasteiger partial charge in [0.15, 0.2) is 5.82 Å². The van der Waals surface area contributed by atoms with Gasteiger partial charge in [0.05, 0.1) is 5.69 Å². The molecule has 0 saturated heterocycles. The maximum atomic E-state index is 12.1. The molecule has 3 rings (SSSR count). The fourth-order valence-electron chi connectivity index (χ4n) is 1.94. The predicted octanol–water partition coefficient (Wildman–Crippen LogP) is 2.71. The first-order valence-corrected chi connectivity index (χ1v) is 6.50. The van der Waals surface area contributed by atoms with E-state index in [1.54, 1.807) is 41.2 Å². The summed E-state index contributed by atoms with van der Waals surface area (Å²) >= 11 is 0. The molecule has 0 aliphatic rings. The molecule has 0 fully saturated rings. The third-order valence-corrected chi connectivity index (χ3v) is 3.02. The highest BCUT2D eigenvalue weighted by atomic mass is 16.1. The van der Waals surface area contributed by atoms with Crippen molar-refractivity contribution in [3.05, 3.63) is 72.4 Å². The molecular weight excluding hydrogens is 264 g/mol. The summed E-state index contributed by atoms with van der Waals surface area (Å²) < 4.78 is 1.71. The molecule has 0 radical (unpaired) electrons. The Hall–Kier alpha value is -3.08. The van der Waals surface area contributed by atoms with Crippen LogP contribution in [0.5, 0.6) is 0 Å². The van der Waals surface area contributed by atoms with E-state index in [9.17, 15) is 4.79 Å². The number of nitrogens with zero attached hydrogens (tertiary/aromatic N) is 2. The molecule has 0 aliphatic heterocycles. The van der Waals surface area contributed by atoms with Gasteiger partial charge in [-0.15, -0.1) is 0 Å². The molecule has 104 valence electrons. The SMILES string of the molecule is Nc1ccc(C(=O)Nc2ccn(-c3ccccc3)n2)cc1. The molecule has 21 heavy (non-hydrogen) atoms. The van der Waals surface area contributed by atoms with E-state index in [0.29, 0.717) is 17.1 Å². The van der Waals surface area contributed by atoms with Crippen LogP contribution in [0.2, 0.25) is 0 Å². The number of nitrogens with two attached hydrogens (primary N) is 1. The van der Waals surface area contributed by atoms with Crippen molar-refractivity contribution in [1.29, 1.82) is 0 Å². The lowest BCUT2D eigenvalue weighted by molar-refractivity contribution is 0.102. The molecule has 3 N–H and O–H groups in total. The number of anilines is 2. The van der Waals surface area contributed by atoms with Gasteiger partial charge in [0.25, 0.3) is 5.91 Å². The van der Waals surface area contributed by atoms with Crippen LogP contribution in [0.15, 0.2) is 66.9 Å². The molecule has 0 atom stereocenters. The second kappa shape index (κ2) is 5.50.